The highest BCUT2D eigenvalue weighted by atomic mass is 32.2. The quantitative estimate of drug-likeness (QED) is 0.694. The first-order chi connectivity index (χ1) is 12.2. The molecule has 134 valence electrons. The predicted molar refractivity (Wildman–Crippen MR) is 93.6 cm³/mol. The van der Waals surface area contributed by atoms with Crippen molar-refractivity contribution in [2.75, 3.05) is 6.26 Å². The van der Waals surface area contributed by atoms with E-state index in [1.165, 1.54) is 30.3 Å². The highest BCUT2D eigenvalue weighted by Gasteiger charge is 2.19. The molecule has 0 saturated carbocycles. The van der Waals surface area contributed by atoms with Crippen LogP contribution in [0, 0.1) is 18.6 Å². The Morgan fingerprint density at radius 2 is 1.62 bits per heavy atom. The van der Waals surface area contributed by atoms with Crippen molar-refractivity contribution in [2.24, 2.45) is 0 Å². The molecule has 26 heavy (non-hydrogen) atoms. The van der Waals surface area contributed by atoms with Crippen LogP contribution in [0.2, 0.25) is 0 Å². The number of hydrogen-bond donors (Lipinski definition) is 0. The topological polar surface area (TPSA) is 64.3 Å². The summed E-state index contributed by atoms with van der Waals surface area (Å²) in [5, 5.41) is 0. The van der Waals surface area contributed by atoms with Gasteiger partial charge in [0, 0.05) is 23.4 Å². The first-order valence-electron chi connectivity index (χ1n) is 7.57. The number of aryl methyl sites for hydroxylation is 1. The Morgan fingerprint density at radius 1 is 0.962 bits per heavy atom. The maximum absolute atomic E-state index is 14.2. The monoisotopic (exact) mass is 376 g/mol. The molecule has 4 nitrogen and oxygen atoms in total. The molecule has 0 unspecified atom stereocenters. The lowest BCUT2D eigenvalue weighted by Gasteiger charge is -2.11. The molecule has 0 aliphatic rings. The zero-order chi connectivity index (χ0) is 19.1. The van der Waals surface area contributed by atoms with Crippen LogP contribution in [-0.4, -0.2) is 14.7 Å². The number of rotatable bonds is 3. The van der Waals surface area contributed by atoms with E-state index in [-0.39, 0.29) is 27.5 Å². The number of halogens is 2. The van der Waals surface area contributed by atoms with E-state index in [2.05, 4.69) is 0 Å². The summed E-state index contributed by atoms with van der Waals surface area (Å²) in [6.07, 6.45) is 1.07. The van der Waals surface area contributed by atoms with Gasteiger partial charge in [0.15, 0.2) is 15.3 Å². The molecule has 0 spiro atoms. The molecule has 7 heteroatoms. The summed E-state index contributed by atoms with van der Waals surface area (Å²) in [5.41, 5.74) is -0.502. The molecule has 2 aromatic carbocycles. The first kappa shape index (κ1) is 18.0. The van der Waals surface area contributed by atoms with Gasteiger partial charge < -0.3 is 4.42 Å². The van der Waals surface area contributed by atoms with Crippen LogP contribution in [-0.2, 0) is 9.84 Å². The Bertz CT molecular complexity index is 1150. The molecule has 0 N–H and O–H groups in total. The van der Waals surface area contributed by atoms with E-state index in [0.717, 1.165) is 24.5 Å². The smallest absolute Gasteiger partial charge is 0.193 e. The van der Waals surface area contributed by atoms with Crippen LogP contribution in [0.25, 0.3) is 22.5 Å². The molecule has 0 atom stereocenters. The summed E-state index contributed by atoms with van der Waals surface area (Å²) in [6.45, 7) is 1.56. The lowest BCUT2D eigenvalue weighted by molar-refractivity contribution is 0.530. The van der Waals surface area contributed by atoms with E-state index in [4.69, 9.17) is 4.42 Å². The molecule has 1 aromatic heterocycles. The normalized spacial score (nSPS) is 11.5. The molecule has 0 aliphatic carbocycles. The molecular formula is C19H14F2O4S. The van der Waals surface area contributed by atoms with E-state index in [1.54, 1.807) is 6.92 Å². The average molecular weight is 376 g/mol. The molecule has 3 aromatic rings. The SMILES string of the molecule is Cc1cc(=O)c(-c2cc(F)ccc2F)c(-c2ccc(S(C)(=O)=O)cc2)o1. The summed E-state index contributed by atoms with van der Waals surface area (Å²) in [6, 6.07) is 9.62. The van der Waals surface area contributed by atoms with Gasteiger partial charge in [0.05, 0.1) is 10.5 Å². The number of benzene rings is 2. The van der Waals surface area contributed by atoms with Crippen LogP contribution in [0.5, 0.6) is 0 Å². The fourth-order valence-corrected chi connectivity index (χ4v) is 3.24. The van der Waals surface area contributed by atoms with Gasteiger partial charge in [-0.1, -0.05) is 0 Å². The van der Waals surface area contributed by atoms with E-state index in [9.17, 15) is 22.0 Å². The number of hydrogen-bond acceptors (Lipinski definition) is 4. The zero-order valence-electron chi connectivity index (χ0n) is 13.9. The Labute approximate surface area is 148 Å². The lowest BCUT2D eigenvalue weighted by Crippen LogP contribution is -2.08. The van der Waals surface area contributed by atoms with Crippen molar-refractivity contribution in [3.63, 3.8) is 0 Å². The average Bonchev–Trinajstić information content (AvgIpc) is 2.56. The maximum Gasteiger partial charge on any atom is 0.193 e. The third kappa shape index (κ3) is 3.43. The van der Waals surface area contributed by atoms with Gasteiger partial charge in [-0.15, -0.1) is 0 Å². The van der Waals surface area contributed by atoms with Crippen molar-refractivity contribution in [3.8, 4) is 22.5 Å². The summed E-state index contributed by atoms with van der Waals surface area (Å²) >= 11 is 0. The van der Waals surface area contributed by atoms with Crippen LogP contribution in [0.1, 0.15) is 5.76 Å². The second-order valence-corrected chi connectivity index (χ2v) is 7.86. The van der Waals surface area contributed by atoms with Crippen molar-refractivity contribution in [1.29, 1.82) is 0 Å². The van der Waals surface area contributed by atoms with Crippen LogP contribution in [0.3, 0.4) is 0 Å². The molecule has 0 fully saturated rings. The predicted octanol–water partition coefficient (Wildman–Crippen LogP) is 3.96. The second kappa shape index (κ2) is 6.49. The van der Waals surface area contributed by atoms with Gasteiger partial charge in [-0.3, -0.25) is 4.79 Å². The van der Waals surface area contributed by atoms with Gasteiger partial charge >= 0.3 is 0 Å². The Hall–Kier alpha value is -2.80. The Kier molecular flexibility index (Phi) is 4.50. The minimum atomic E-state index is -3.39. The van der Waals surface area contributed by atoms with Crippen molar-refractivity contribution in [1.82, 2.24) is 0 Å². The Balaban J connectivity index is 2.29. The van der Waals surface area contributed by atoms with Crippen molar-refractivity contribution < 1.29 is 21.6 Å². The molecule has 1 heterocycles. The summed E-state index contributed by atoms with van der Waals surface area (Å²) in [5.74, 6) is -1.13. The maximum atomic E-state index is 14.2. The molecular weight excluding hydrogens is 362 g/mol. The highest BCUT2D eigenvalue weighted by molar-refractivity contribution is 7.90. The third-order valence-electron chi connectivity index (χ3n) is 3.81. The minimum absolute atomic E-state index is 0.0413. The van der Waals surface area contributed by atoms with E-state index >= 15 is 0 Å². The van der Waals surface area contributed by atoms with Crippen molar-refractivity contribution in [3.05, 3.63) is 76.1 Å². The van der Waals surface area contributed by atoms with Gasteiger partial charge in [-0.05, 0) is 49.4 Å². The van der Waals surface area contributed by atoms with E-state index < -0.39 is 26.9 Å². The molecule has 0 radical (unpaired) electrons. The van der Waals surface area contributed by atoms with Gasteiger partial charge in [0.1, 0.15) is 23.2 Å². The van der Waals surface area contributed by atoms with E-state index in [1.807, 2.05) is 0 Å². The molecule has 0 amide bonds. The second-order valence-electron chi connectivity index (χ2n) is 5.85. The lowest BCUT2D eigenvalue weighted by atomic mass is 9.99. The van der Waals surface area contributed by atoms with Crippen LogP contribution in [0.4, 0.5) is 8.78 Å². The summed E-state index contributed by atoms with van der Waals surface area (Å²) in [7, 11) is -3.39. The van der Waals surface area contributed by atoms with Gasteiger partial charge in [0.25, 0.3) is 0 Å². The molecule has 3 rings (SSSR count). The first-order valence-corrected chi connectivity index (χ1v) is 9.46. The van der Waals surface area contributed by atoms with Crippen LogP contribution >= 0.6 is 0 Å². The van der Waals surface area contributed by atoms with Crippen LogP contribution in [0.15, 0.2) is 62.6 Å². The van der Waals surface area contributed by atoms with Gasteiger partial charge in [-0.25, -0.2) is 17.2 Å². The minimum Gasteiger partial charge on any atom is -0.460 e. The Morgan fingerprint density at radius 3 is 2.23 bits per heavy atom. The third-order valence-corrected chi connectivity index (χ3v) is 4.94. The highest BCUT2D eigenvalue weighted by Crippen LogP contribution is 2.32. The zero-order valence-corrected chi connectivity index (χ0v) is 14.7. The van der Waals surface area contributed by atoms with Gasteiger partial charge in [-0.2, -0.15) is 0 Å². The standard InChI is InChI=1S/C19H14F2O4S/c1-11-9-17(22)18(15-10-13(20)5-8-16(15)21)19(25-11)12-3-6-14(7-4-12)26(2,23)24/h3-10H,1-2H3. The molecule has 0 bridgehead atoms. The number of sulfone groups is 1. The fraction of sp³-hybridized carbons (Fsp3) is 0.105. The molecule has 0 saturated heterocycles. The summed E-state index contributed by atoms with van der Waals surface area (Å²) in [4.78, 5) is 12.6. The van der Waals surface area contributed by atoms with E-state index in [0.29, 0.717) is 5.56 Å². The summed E-state index contributed by atoms with van der Waals surface area (Å²) < 4.78 is 56.6. The van der Waals surface area contributed by atoms with Crippen molar-refractivity contribution >= 4 is 9.84 Å². The van der Waals surface area contributed by atoms with Crippen LogP contribution < -0.4 is 5.43 Å². The molecule has 0 aliphatic heterocycles. The fourth-order valence-electron chi connectivity index (χ4n) is 2.61. The van der Waals surface area contributed by atoms with Crippen molar-refractivity contribution in [2.45, 2.75) is 11.8 Å². The largest absolute Gasteiger partial charge is 0.460 e. The van der Waals surface area contributed by atoms with Gasteiger partial charge in [0.2, 0.25) is 0 Å².